The Morgan fingerprint density at radius 1 is 1.00 bits per heavy atom. The number of hydrogen-bond acceptors (Lipinski definition) is 5. The van der Waals surface area contributed by atoms with E-state index in [0.29, 0.717) is 0 Å². The van der Waals surface area contributed by atoms with Gasteiger partial charge in [0, 0.05) is 7.11 Å². The van der Waals surface area contributed by atoms with Gasteiger partial charge < -0.3 is 9.47 Å². The summed E-state index contributed by atoms with van der Waals surface area (Å²) in [5.74, 6) is -0.877. The molecular weight excluding hydrogens is 340 g/mol. The minimum Gasteiger partial charge on any atom is -0.354 e. The molecule has 0 fully saturated rings. The number of aryl methyl sites for hydroxylation is 1. The van der Waals surface area contributed by atoms with Gasteiger partial charge >= 0.3 is 0 Å². The fourth-order valence-corrected chi connectivity index (χ4v) is 3.09. The monoisotopic (exact) mass is 364 g/mol. The first kappa shape index (κ1) is 19.6. The maximum Gasteiger partial charge on any atom is 0.297 e. The van der Waals surface area contributed by atoms with Gasteiger partial charge in [-0.2, -0.15) is 8.42 Å². The molecule has 0 heterocycles. The summed E-state index contributed by atoms with van der Waals surface area (Å²) in [6.45, 7) is 5.27. The second kappa shape index (κ2) is 8.10. The van der Waals surface area contributed by atoms with Gasteiger partial charge in [-0.3, -0.25) is 4.18 Å². The highest BCUT2D eigenvalue weighted by Gasteiger charge is 2.27. The van der Waals surface area contributed by atoms with Crippen LogP contribution in [0.2, 0.25) is 0 Å². The van der Waals surface area contributed by atoms with E-state index in [1.165, 1.54) is 19.2 Å². The Bertz CT molecular complexity index is 767. The highest BCUT2D eigenvalue weighted by atomic mass is 32.2. The molecule has 0 aliphatic heterocycles. The third-order valence-corrected chi connectivity index (χ3v) is 5.07. The first-order valence-electron chi connectivity index (χ1n) is 7.97. The molecule has 0 aromatic heterocycles. The lowest BCUT2D eigenvalue weighted by Gasteiger charge is -2.29. The molecule has 0 aliphatic rings. The van der Waals surface area contributed by atoms with Crippen molar-refractivity contribution in [3.8, 4) is 0 Å². The first-order chi connectivity index (χ1) is 11.7. The van der Waals surface area contributed by atoms with Crippen molar-refractivity contribution in [1.82, 2.24) is 0 Å². The molecule has 0 aliphatic carbocycles. The zero-order valence-corrected chi connectivity index (χ0v) is 15.7. The summed E-state index contributed by atoms with van der Waals surface area (Å²) in [6.07, 6.45) is -0.587. The van der Waals surface area contributed by atoms with Crippen molar-refractivity contribution in [1.29, 1.82) is 0 Å². The van der Waals surface area contributed by atoms with E-state index in [-0.39, 0.29) is 11.5 Å². The molecule has 1 unspecified atom stereocenters. The van der Waals surface area contributed by atoms with Crippen molar-refractivity contribution in [3.63, 3.8) is 0 Å². The van der Waals surface area contributed by atoms with Gasteiger partial charge in [-0.05, 0) is 38.5 Å². The molecule has 0 saturated heterocycles. The quantitative estimate of drug-likeness (QED) is 0.526. The highest BCUT2D eigenvalue weighted by molar-refractivity contribution is 7.86. The van der Waals surface area contributed by atoms with Gasteiger partial charge in [0.2, 0.25) is 0 Å². The third-order valence-electron chi connectivity index (χ3n) is 3.77. The topological polar surface area (TPSA) is 61.8 Å². The van der Waals surface area contributed by atoms with Crippen LogP contribution in [-0.4, -0.2) is 27.9 Å². The van der Waals surface area contributed by atoms with Crippen molar-refractivity contribution in [2.75, 3.05) is 13.7 Å². The van der Waals surface area contributed by atoms with Crippen LogP contribution in [0.4, 0.5) is 0 Å². The molecule has 2 rings (SSSR count). The smallest absolute Gasteiger partial charge is 0.297 e. The summed E-state index contributed by atoms with van der Waals surface area (Å²) < 4.78 is 41.3. The molecule has 6 heteroatoms. The van der Waals surface area contributed by atoms with Crippen LogP contribution in [0.3, 0.4) is 0 Å². The van der Waals surface area contributed by atoms with E-state index in [2.05, 4.69) is 0 Å². The molecule has 0 N–H and O–H groups in total. The summed E-state index contributed by atoms with van der Waals surface area (Å²) in [5, 5.41) is 0. The SMILES string of the molecule is COC(C)(C)OC(COS(=O)(=O)c1ccc(C)cc1)c1ccccc1. The molecule has 0 radical (unpaired) electrons. The molecule has 0 saturated carbocycles. The van der Waals surface area contributed by atoms with Crippen LogP contribution in [0.25, 0.3) is 0 Å². The van der Waals surface area contributed by atoms with E-state index in [4.69, 9.17) is 13.7 Å². The first-order valence-corrected chi connectivity index (χ1v) is 9.38. The zero-order valence-electron chi connectivity index (χ0n) is 14.9. The van der Waals surface area contributed by atoms with Crippen molar-refractivity contribution >= 4 is 10.1 Å². The van der Waals surface area contributed by atoms with E-state index in [1.807, 2.05) is 37.3 Å². The molecule has 0 spiro atoms. The fraction of sp³-hybridized carbons (Fsp3) is 0.368. The summed E-state index contributed by atoms with van der Waals surface area (Å²) in [7, 11) is -2.33. The van der Waals surface area contributed by atoms with Gasteiger partial charge in [-0.25, -0.2) is 0 Å². The largest absolute Gasteiger partial charge is 0.354 e. The van der Waals surface area contributed by atoms with Crippen LogP contribution in [0.15, 0.2) is 59.5 Å². The summed E-state index contributed by atoms with van der Waals surface area (Å²) >= 11 is 0. The molecular formula is C19H24O5S. The summed E-state index contributed by atoms with van der Waals surface area (Å²) in [5.41, 5.74) is 1.79. The molecule has 5 nitrogen and oxygen atoms in total. The van der Waals surface area contributed by atoms with E-state index in [9.17, 15) is 8.42 Å². The van der Waals surface area contributed by atoms with Crippen LogP contribution in [-0.2, 0) is 23.8 Å². The Hall–Kier alpha value is -1.73. The van der Waals surface area contributed by atoms with Crippen LogP contribution < -0.4 is 0 Å². The number of benzene rings is 2. The Morgan fingerprint density at radius 3 is 2.16 bits per heavy atom. The normalized spacial score (nSPS) is 13.6. The van der Waals surface area contributed by atoms with Gasteiger partial charge in [0.15, 0.2) is 5.79 Å². The third kappa shape index (κ3) is 5.64. The molecule has 25 heavy (non-hydrogen) atoms. The van der Waals surface area contributed by atoms with Gasteiger partial charge in [0.1, 0.15) is 6.10 Å². The second-order valence-electron chi connectivity index (χ2n) is 6.17. The lowest BCUT2D eigenvalue weighted by molar-refractivity contribution is -0.230. The van der Waals surface area contributed by atoms with Crippen LogP contribution in [0.1, 0.15) is 31.1 Å². The molecule has 136 valence electrons. The standard InChI is InChI=1S/C19H24O5S/c1-15-10-12-17(13-11-15)25(20,21)23-14-18(24-19(2,3)22-4)16-8-6-5-7-9-16/h5-13,18H,14H2,1-4H3. The van der Waals surface area contributed by atoms with Crippen molar-refractivity contribution in [3.05, 3.63) is 65.7 Å². The lowest BCUT2D eigenvalue weighted by atomic mass is 10.1. The number of hydrogen-bond donors (Lipinski definition) is 0. The predicted molar refractivity (Wildman–Crippen MR) is 95.7 cm³/mol. The van der Waals surface area contributed by atoms with E-state index < -0.39 is 22.0 Å². The molecule has 0 amide bonds. The lowest BCUT2D eigenvalue weighted by Crippen LogP contribution is -2.31. The Balaban J connectivity index is 2.18. The highest BCUT2D eigenvalue weighted by Crippen LogP contribution is 2.26. The van der Waals surface area contributed by atoms with Gasteiger partial charge in [-0.15, -0.1) is 0 Å². The van der Waals surface area contributed by atoms with E-state index in [0.717, 1.165) is 11.1 Å². The maximum atomic E-state index is 12.4. The summed E-state index contributed by atoms with van der Waals surface area (Å²) in [6, 6.07) is 15.8. The minimum absolute atomic E-state index is 0.121. The minimum atomic E-state index is -3.86. The van der Waals surface area contributed by atoms with Crippen molar-refractivity contribution in [2.24, 2.45) is 0 Å². The average Bonchev–Trinajstić information content (AvgIpc) is 2.60. The number of rotatable bonds is 8. The molecule has 1 atom stereocenters. The number of methoxy groups -OCH3 is 1. The van der Waals surface area contributed by atoms with Gasteiger partial charge in [0.05, 0.1) is 11.5 Å². The fourth-order valence-electron chi connectivity index (χ4n) is 2.18. The Kier molecular flexibility index (Phi) is 6.35. The second-order valence-corrected chi connectivity index (χ2v) is 7.79. The van der Waals surface area contributed by atoms with E-state index in [1.54, 1.807) is 26.0 Å². The predicted octanol–water partition coefficient (Wildman–Crippen LogP) is 3.84. The molecule has 2 aromatic rings. The van der Waals surface area contributed by atoms with Crippen LogP contribution in [0.5, 0.6) is 0 Å². The Labute approximate surface area is 149 Å². The van der Waals surface area contributed by atoms with Crippen molar-refractivity contribution in [2.45, 2.75) is 37.6 Å². The summed E-state index contributed by atoms with van der Waals surface area (Å²) in [4.78, 5) is 0.121. The van der Waals surface area contributed by atoms with Crippen LogP contribution >= 0.6 is 0 Å². The maximum absolute atomic E-state index is 12.4. The molecule has 2 aromatic carbocycles. The van der Waals surface area contributed by atoms with Crippen LogP contribution in [0, 0.1) is 6.92 Å². The van der Waals surface area contributed by atoms with Gasteiger partial charge in [-0.1, -0.05) is 48.0 Å². The van der Waals surface area contributed by atoms with E-state index >= 15 is 0 Å². The van der Waals surface area contributed by atoms with Gasteiger partial charge in [0.25, 0.3) is 10.1 Å². The van der Waals surface area contributed by atoms with Crippen molar-refractivity contribution < 1.29 is 22.1 Å². The number of ether oxygens (including phenoxy) is 2. The molecule has 0 bridgehead atoms. The Morgan fingerprint density at radius 2 is 1.60 bits per heavy atom. The average molecular weight is 364 g/mol. The zero-order chi connectivity index (χ0) is 18.5.